The summed E-state index contributed by atoms with van der Waals surface area (Å²) in [4.78, 5) is 14.3. The quantitative estimate of drug-likeness (QED) is 0.565. The molecule has 2 rings (SSSR count). The minimum Gasteiger partial charge on any atom is -0.347 e. The number of nitrogens with one attached hydrogen (secondary N) is 2. The molecular formula is C13H16N8. The van der Waals surface area contributed by atoms with Crippen LogP contribution >= 0.6 is 0 Å². The summed E-state index contributed by atoms with van der Waals surface area (Å²) in [5, 5.41) is 12.0. The standard InChI is InChI=1S/C13H16N8/c1-8-4-5-9(7-14)6-10(8)16-11-17-12(20-15)19-13(18-11)21(2)3/h4-6H,15H2,1-3H3,(H2,16,17,18,19,20). The maximum Gasteiger partial charge on any atom is 0.243 e. The van der Waals surface area contributed by atoms with Crippen LogP contribution in [0.3, 0.4) is 0 Å². The maximum absolute atomic E-state index is 8.97. The summed E-state index contributed by atoms with van der Waals surface area (Å²) in [5.41, 5.74) is 4.69. The Bertz CT molecular complexity index is 689. The third-order valence-electron chi connectivity index (χ3n) is 2.77. The zero-order valence-electron chi connectivity index (χ0n) is 12.0. The molecule has 0 unspecified atom stereocenters. The average Bonchev–Trinajstić information content (AvgIpc) is 2.49. The fourth-order valence-corrected chi connectivity index (χ4v) is 1.63. The number of nitrogens with two attached hydrogens (primary N) is 1. The van der Waals surface area contributed by atoms with E-state index in [1.54, 1.807) is 17.0 Å². The van der Waals surface area contributed by atoms with Crippen LogP contribution in [-0.4, -0.2) is 29.0 Å². The number of nitrogens with zero attached hydrogens (tertiary/aromatic N) is 5. The Kier molecular flexibility index (Phi) is 4.15. The summed E-state index contributed by atoms with van der Waals surface area (Å²) >= 11 is 0. The molecule has 0 atom stereocenters. The number of aryl methyl sites for hydroxylation is 1. The Hall–Kier alpha value is -2.92. The summed E-state index contributed by atoms with van der Waals surface area (Å²) in [6.07, 6.45) is 0. The van der Waals surface area contributed by atoms with Crippen LogP contribution in [0.4, 0.5) is 23.5 Å². The van der Waals surface area contributed by atoms with Gasteiger partial charge in [0.1, 0.15) is 0 Å². The SMILES string of the molecule is Cc1ccc(C#N)cc1Nc1nc(NN)nc(N(C)C)n1. The lowest BCUT2D eigenvalue weighted by molar-refractivity contribution is 0.956. The smallest absolute Gasteiger partial charge is 0.243 e. The van der Waals surface area contributed by atoms with E-state index >= 15 is 0 Å². The fourth-order valence-electron chi connectivity index (χ4n) is 1.63. The molecular weight excluding hydrogens is 268 g/mol. The molecule has 0 radical (unpaired) electrons. The Balaban J connectivity index is 2.39. The number of nitrogen functional groups attached to an aromatic ring is 1. The Morgan fingerprint density at radius 1 is 1.19 bits per heavy atom. The molecule has 1 aromatic carbocycles. The number of rotatable bonds is 4. The number of hydrogen-bond acceptors (Lipinski definition) is 8. The first-order valence-corrected chi connectivity index (χ1v) is 6.21. The van der Waals surface area contributed by atoms with Crippen LogP contribution < -0.4 is 21.5 Å². The summed E-state index contributed by atoms with van der Waals surface area (Å²) < 4.78 is 0. The second-order valence-corrected chi connectivity index (χ2v) is 4.59. The van der Waals surface area contributed by atoms with E-state index < -0.39 is 0 Å². The van der Waals surface area contributed by atoms with Gasteiger partial charge >= 0.3 is 0 Å². The van der Waals surface area contributed by atoms with Gasteiger partial charge in [-0.2, -0.15) is 20.2 Å². The van der Waals surface area contributed by atoms with Gasteiger partial charge in [0.25, 0.3) is 0 Å². The minimum absolute atomic E-state index is 0.255. The Morgan fingerprint density at radius 2 is 1.90 bits per heavy atom. The predicted octanol–water partition coefficient (Wildman–Crippen LogP) is 1.15. The largest absolute Gasteiger partial charge is 0.347 e. The number of anilines is 4. The van der Waals surface area contributed by atoms with Gasteiger partial charge in [0.05, 0.1) is 11.6 Å². The molecule has 0 amide bonds. The van der Waals surface area contributed by atoms with E-state index in [1.165, 1.54) is 0 Å². The van der Waals surface area contributed by atoms with Crippen molar-refractivity contribution in [3.63, 3.8) is 0 Å². The van der Waals surface area contributed by atoms with Gasteiger partial charge in [-0.1, -0.05) is 6.07 Å². The van der Waals surface area contributed by atoms with E-state index in [9.17, 15) is 0 Å². The van der Waals surface area contributed by atoms with Crippen molar-refractivity contribution in [2.45, 2.75) is 6.92 Å². The third kappa shape index (κ3) is 3.34. The molecule has 0 saturated heterocycles. The lowest BCUT2D eigenvalue weighted by Gasteiger charge is -2.14. The lowest BCUT2D eigenvalue weighted by Crippen LogP contribution is -2.18. The molecule has 0 aliphatic heterocycles. The molecule has 0 aliphatic rings. The highest BCUT2D eigenvalue weighted by Gasteiger charge is 2.09. The first kappa shape index (κ1) is 14.5. The van der Waals surface area contributed by atoms with Crippen molar-refractivity contribution >= 4 is 23.5 Å². The third-order valence-corrected chi connectivity index (χ3v) is 2.77. The molecule has 0 fully saturated rings. The van der Waals surface area contributed by atoms with Gasteiger partial charge < -0.3 is 10.2 Å². The van der Waals surface area contributed by atoms with Gasteiger partial charge in [-0.15, -0.1) is 0 Å². The summed E-state index contributed by atoms with van der Waals surface area (Å²) in [7, 11) is 3.64. The van der Waals surface area contributed by atoms with E-state index in [1.807, 2.05) is 27.1 Å². The highest BCUT2D eigenvalue weighted by Crippen LogP contribution is 2.21. The average molecular weight is 284 g/mol. The summed E-state index contributed by atoms with van der Waals surface area (Å²) in [6, 6.07) is 7.45. The Morgan fingerprint density at radius 3 is 2.52 bits per heavy atom. The molecule has 0 aliphatic carbocycles. The molecule has 1 aromatic heterocycles. The monoisotopic (exact) mass is 284 g/mol. The molecule has 21 heavy (non-hydrogen) atoms. The Labute approximate surface area is 122 Å². The van der Waals surface area contributed by atoms with Crippen molar-refractivity contribution in [1.82, 2.24) is 15.0 Å². The van der Waals surface area contributed by atoms with Crippen LogP contribution in [0.25, 0.3) is 0 Å². The van der Waals surface area contributed by atoms with Crippen LogP contribution in [0.15, 0.2) is 18.2 Å². The topological polar surface area (TPSA) is 116 Å². The van der Waals surface area contributed by atoms with Gasteiger partial charge in [0, 0.05) is 19.8 Å². The van der Waals surface area contributed by atoms with Crippen molar-refractivity contribution in [2.75, 3.05) is 29.7 Å². The van der Waals surface area contributed by atoms with Crippen molar-refractivity contribution < 1.29 is 0 Å². The van der Waals surface area contributed by atoms with Crippen LogP contribution in [0.2, 0.25) is 0 Å². The lowest BCUT2D eigenvalue weighted by atomic mass is 10.1. The van der Waals surface area contributed by atoms with Gasteiger partial charge in [0.2, 0.25) is 17.8 Å². The highest BCUT2D eigenvalue weighted by atomic mass is 15.4. The van der Waals surface area contributed by atoms with Gasteiger partial charge in [-0.3, -0.25) is 5.43 Å². The highest BCUT2D eigenvalue weighted by molar-refractivity contribution is 5.62. The number of hydrazine groups is 1. The van der Waals surface area contributed by atoms with Crippen LogP contribution in [0.1, 0.15) is 11.1 Å². The molecule has 8 heteroatoms. The predicted molar refractivity (Wildman–Crippen MR) is 81.1 cm³/mol. The fraction of sp³-hybridized carbons (Fsp3) is 0.231. The van der Waals surface area contributed by atoms with Gasteiger partial charge in [0.15, 0.2) is 0 Å². The molecule has 4 N–H and O–H groups in total. The number of hydrogen-bond donors (Lipinski definition) is 3. The maximum atomic E-state index is 8.97. The van der Waals surface area contributed by atoms with E-state index in [0.29, 0.717) is 17.5 Å². The first-order valence-electron chi connectivity index (χ1n) is 6.21. The molecule has 0 saturated carbocycles. The number of aromatic nitrogens is 3. The van der Waals surface area contributed by atoms with Crippen LogP contribution in [-0.2, 0) is 0 Å². The second-order valence-electron chi connectivity index (χ2n) is 4.59. The van der Waals surface area contributed by atoms with Gasteiger partial charge in [-0.25, -0.2) is 5.84 Å². The first-order chi connectivity index (χ1) is 10.0. The normalized spacial score (nSPS) is 9.86. The van der Waals surface area contributed by atoms with Crippen molar-refractivity contribution in [3.8, 4) is 6.07 Å². The molecule has 2 aromatic rings. The van der Waals surface area contributed by atoms with Gasteiger partial charge in [-0.05, 0) is 24.6 Å². The summed E-state index contributed by atoms with van der Waals surface area (Å²) in [6.45, 7) is 1.93. The van der Waals surface area contributed by atoms with Crippen molar-refractivity contribution in [3.05, 3.63) is 29.3 Å². The van der Waals surface area contributed by atoms with E-state index in [-0.39, 0.29) is 5.95 Å². The number of benzene rings is 1. The van der Waals surface area contributed by atoms with E-state index in [4.69, 9.17) is 11.1 Å². The zero-order chi connectivity index (χ0) is 15.4. The second kappa shape index (κ2) is 6.02. The summed E-state index contributed by atoms with van der Waals surface area (Å²) in [5.74, 6) is 6.43. The van der Waals surface area contributed by atoms with E-state index in [2.05, 4.69) is 31.8 Å². The van der Waals surface area contributed by atoms with Crippen molar-refractivity contribution in [1.29, 1.82) is 5.26 Å². The zero-order valence-corrected chi connectivity index (χ0v) is 12.0. The molecule has 0 spiro atoms. The van der Waals surface area contributed by atoms with Crippen LogP contribution in [0.5, 0.6) is 0 Å². The minimum atomic E-state index is 0.255. The number of nitriles is 1. The van der Waals surface area contributed by atoms with Crippen molar-refractivity contribution in [2.24, 2.45) is 5.84 Å². The molecule has 1 heterocycles. The molecule has 108 valence electrons. The molecule has 0 bridgehead atoms. The van der Waals surface area contributed by atoms with E-state index in [0.717, 1.165) is 11.3 Å². The molecule has 8 nitrogen and oxygen atoms in total. The van der Waals surface area contributed by atoms with Crippen LogP contribution in [0, 0.1) is 18.3 Å².